The van der Waals surface area contributed by atoms with Gasteiger partial charge in [-0.15, -0.1) is 12.4 Å². The van der Waals surface area contributed by atoms with Gasteiger partial charge in [-0.05, 0) is 43.0 Å². The van der Waals surface area contributed by atoms with Gasteiger partial charge in [0.15, 0.2) is 0 Å². The molecule has 0 amide bonds. The zero-order valence-corrected chi connectivity index (χ0v) is 18.4. The normalized spacial score (nSPS) is 17.7. The zero-order valence-electron chi connectivity index (χ0n) is 16.8. The fourth-order valence-corrected chi connectivity index (χ4v) is 5.36. The van der Waals surface area contributed by atoms with Crippen molar-refractivity contribution in [2.75, 3.05) is 37.6 Å². The van der Waals surface area contributed by atoms with E-state index in [4.69, 9.17) is 0 Å². The Hall–Kier alpha value is -2.15. The van der Waals surface area contributed by atoms with Crippen molar-refractivity contribution in [3.8, 4) is 0 Å². The lowest BCUT2D eigenvalue weighted by Gasteiger charge is -2.36. The molecule has 0 spiro atoms. The Bertz CT molecular complexity index is 1130. The second-order valence-corrected chi connectivity index (χ2v) is 10.0. The van der Waals surface area contributed by atoms with Gasteiger partial charge in [0, 0.05) is 44.3 Å². The number of rotatable bonds is 5. The average Bonchev–Trinajstić information content (AvgIpc) is 3.58. The number of benzene rings is 2. The van der Waals surface area contributed by atoms with Gasteiger partial charge in [-0.3, -0.25) is 9.88 Å². The van der Waals surface area contributed by atoms with Crippen LogP contribution >= 0.6 is 12.4 Å². The monoisotopic (exact) mass is 443 g/mol. The molecule has 0 bridgehead atoms. The average molecular weight is 444 g/mol. The first-order valence-electron chi connectivity index (χ1n) is 10.3. The predicted molar refractivity (Wildman–Crippen MR) is 122 cm³/mol. The first-order valence-corrected chi connectivity index (χ1v) is 11.8. The maximum Gasteiger partial charge on any atom is 0.208 e. The summed E-state index contributed by atoms with van der Waals surface area (Å²) < 4.78 is 25.9. The van der Waals surface area contributed by atoms with Crippen LogP contribution in [0.2, 0.25) is 0 Å². The molecule has 5 rings (SSSR count). The van der Waals surface area contributed by atoms with Crippen molar-refractivity contribution in [2.45, 2.75) is 22.6 Å². The highest BCUT2D eigenvalue weighted by Crippen LogP contribution is 2.32. The van der Waals surface area contributed by atoms with Gasteiger partial charge < -0.3 is 4.90 Å². The Morgan fingerprint density at radius 2 is 1.63 bits per heavy atom. The number of aromatic nitrogens is 1. The summed E-state index contributed by atoms with van der Waals surface area (Å²) in [6, 6.07) is 16.3. The van der Waals surface area contributed by atoms with Gasteiger partial charge in [0.1, 0.15) is 0 Å². The maximum atomic E-state index is 12.9. The summed E-state index contributed by atoms with van der Waals surface area (Å²) in [4.78, 5) is 10.1. The number of nitrogens with zero attached hydrogens (tertiary/aromatic N) is 3. The van der Waals surface area contributed by atoms with Gasteiger partial charge in [-0.2, -0.15) is 0 Å². The largest absolute Gasteiger partial charge is 0.367 e. The van der Waals surface area contributed by atoms with E-state index in [-0.39, 0.29) is 17.3 Å². The third-order valence-electron chi connectivity index (χ3n) is 5.95. The summed E-state index contributed by atoms with van der Waals surface area (Å²) >= 11 is 0. The molecule has 30 heavy (non-hydrogen) atoms. The number of pyridine rings is 1. The molecule has 2 fully saturated rings. The van der Waals surface area contributed by atoms with E-state index >= 15 is 0 Å². The molecule has 1 aliphatic carbocycles. The topological polar surface area (TPSA) is 53.5 Å². The quantitative estimate of drug-likeness (QED) is 0.596. The second kappa shape index (κ2) is 8.53. The van der Waals surface area contributed by atoms with Crippen molar-refractivity contribution >= 4 is 38.8 Å². The summed E-state index contributed by atoms with van der Waals surface area (Å²) in [5.74, 6) is 0.922. The summed E-state index contributed by atoms with van der Waals surface area (Å²) in [5, 5.41) is 0.861. The molecule has 1 aliphatic heterocycles. The predicted octanol–water partition coefficient (Wildman–Crippen LogP) is 4.02. The zero-order chi connectivity index (χ0) is 19.8. The van der Waals surface area contributed by atoms with Gasteiger partial charge in [-0.25, -0.2) is 8.42 Å². The number of fused-ring (bicyclic) bond motifs is 1. The molecule has 1 saturated heterocycles. The first-order chi connectivity index (χ1) is 14.1. The SMILES string of the molecule is Cl.O=S(=O)(c1ccccc1)c1cnc2c(N3CCN(CC4CC4)CC3)cccc2c1. The van der Waals surface area contributed by atoms with E-state index in [1.54, 1.807) is 30.3 Å². The van der Waals surface area contributed by atoms with Crippen LogP contribution in [0.25, 0.3) is 10.9 Å². The molecule has 0 radical (unpaired) electrons. The Balaban J connectivity index is 0.00000218. The van der Waals surface area contributed by atoms with E-state index < -0.39 is 9.84 Å². The van der Waals surface area contributed by atoms with Crippen molar-refractivity contribution in [1.82, 2.24) is 9.88 Å². The van der Waals surface area contributed by atoms with Crippen LogP contribution in [-0.2, 0) is 9.84 Å². The van der Waals surface area contributed by atoms with E-state index in [9.17, 15) is 8.42 Å². The summed E-state index contributed by atoms with van der Waals surface area (Å²) in [6.45, 7) is 5.36. The Labute approximate surface area is 184 Å². The lowest BCUT2D eigenvalue weighted by molar-refractivity contribution is 0.248. The van der Waals surface area contributed by atoms with Crippen LogP contribution in [0.5, 0.6) is 0 Å². The second-order valence-electron chi connectivity index (χ2n) is 8.07. The molecule has 2 aromatic carbocycles. The molecule has 3 aromatic rings. The molecule has 5 nitrogen and oxygen atoms in total. The molecule has 0 atom stereocenters. The smallest absolute Gasteiger partial charge is 0.208 e. The number of hydrogen-bond donors (Lipinski definition) is 0. The fourth-order valence-electron chi connectivity index (χ4n) is 4.10. The molecule has 1 aromatic heterocycles. The highest BCUT2D eigenvalue weighted by molar-refractivity contribution is 7.91. The molecular weight excluding hydrogens is 418 g/mol. The van der Waals surface area contributed by atoms with Crippen LogP contribution in [0.3, 0.4) is 0 Å². The summed E-state index contributed by atoms with van der Waals surface area (Å²) in [7, 11) is -3.56. The lowest BCUT2D eigenvalue weighted by atomic mass is 10.1. The van der Waals surface area contributed by atoms with Gasteiger partial charge in [0.05, 0.1) is 21.0 Å². The van der Waals surface area contributed by atoms with Gasteiger partial charge in [0.25, 0.3) is 0 Å². The number of piperazine rings is 1. The molecule has 2 heterocycles. The number of hydrogen-bond acceptors (Lipinski definition) is 5. The molecule has 0 N–H and O–H groups in total. The van der Waals surface area contributed by atoms with E-state index in [1.165, 1.54) is 25.6 Å². The first kappa shape index (κ1) is 21.1. The van der Waals surface area contributed by atoms with Crippen LogP contribution in [0, 0.1) is 5.92 Å². The van der Waals surface area contributed by atoms with Gasteiger partial charge >= 0.3 is 0 Å². The molecule has 1 saturated carbocycles. The van der Waals surface area contributed by atoms with Crippen LogP contribution in [0.1, 0.15) is 12.8 Å². The molecular formula is C23H26ClN3O2S. The van der Waals surface area contributed by atoms with E-state index in [1.807, 2.05) is 18.2 Å². The fraction of sp³-hybridized carbons (Fsp3) is 0.348. The minimum absolute atomic E-state index is 0. The standard InChI is InChI=1S/C23H25N3O2S.ClH/c27-29(28,20-6-2-1-3-7-20)21-15-19-5-4-8-22(23(19)24-16-21)26-13-11-25(12-14-26)17-18-9-10-18;/h1-8,15-16,18H,9-14,17H2;1H. The molecule has 0 unspecified atom stereocenters. The van der Waals surface area contributed by atoms with Gasteiger partial charge in [-0.1, -0.05) is 30.3 Å². The van der Waals surface area contributed by atoms with Crippen molar-refractivity contribution < 1.29 is 8.42 Å². The highest BCUT2D eigenvalue weighted by atomic mass is 35.5. The molecule has 7 heteroatoms. The summed E-state index contributed by atoms with van der Waals surface area (Å²) in [5.41, 5.74) is 1.97. The maximum absolute atomic E-state index is 12.9. The number of sulfone groups is 1. The minimum Gasteiger partial charge on any atom is -0.367 e. The number of para-hydroxylation sites is 1. The van der Waals surface area contributed by atoms with Crippen molar-refractivity contribution in [1.29, 1.82) is 0 Å². The van der Waals surface area contributed by atoms with Crippen LogP contribution in [0.15, 0.2) is 70.6 Å². The Morgan fingerprint density at radius 1 is 0.900 bits per heavy atom. The third kappa shape index (κ3) is 4.17. The van der Waals surface area contributed by atoms with Crippen LogP contribution in [-0.4, -0.2) is 51.0 Å². The lowest BCUT2D eigenvalue weighted by Crippen LogP contribution is -2.47. The van der Waals surface area contributed by atoms with E-state index in [2.05, 4.69) is 20.9 Å². The van der Waals surface area contributed by atoms with E-state index in [0.717, 1.165) is 48.7 Å². The van der Waals surface area contributed by atoms with Crippen LogP contribution < -0.4 is 4.90 Å². The molecule has 2 aliphatic rings. The van der Waals surface area contributed by atoms with Crippen molar-refractivity contribution in [3.63, 3.8) is 0 Å². The highest BCUT2D eigenvalue weighted by Gasteiger charge is 2.27. The van der Waals surface area contributed by atoms with Gasteiger partial charge in [0.2, 0.25) is 9.84 Å². The van der Waals surface area contributed by atoms with Crippen LogP contribution in [0.4, 0.5) is 5.69 Å². The van der Waals surface area contributed by atoms with Crippen molar-refractivity contribution in [3.05, 3.63) is 60.8 Å². The Kier molecular flexibility index (Phi) is 6.00. The Morgan fingerprint density at radius 3 is 2.33 bits per heavy atom. The van der Waals surface area contributed by atoms with Crippen molar-refractivity contribution in [2.24, 2.45) is 5.92 Å². The third-order valence-corrected chi connectivity index (χ3v) is 7.69. The number of anilines is 1. The van der Waals surface area contributed by atoms with E-state index in [0.29, 0.717) is 4.90 Å². The molecule has 158 valence electrons. The summed E-state index contributed by atoms with van der Waals surface area (Å²) in [6.07, 6.45) is 4.28. The number of halogens is 1. The minimum atomic E-state index is -3.56.